The highest BCUT2D eigenvalue weighted by molar-refractivity contribution is 7.19. The molecular weight excluding hydrogens is 501 g/mol. The zero-order valence-corrected chi connectivity index (χ0v) is 19.4. The number of carbonyl (C=O) groups is 2. The fraction of sp³-hybridized carbons (Fsp3) is 0.200. The number of hydrogen-bond donors (Lipinski definition) is 1. The summed E-state index contributed by atoms with van der Waals surface area (Å²) in [5.41, 5.74) is -1.34. The number of rotatable bonds is 5. The van der Waals surface area contributed by atoms with Gasteiger partial charge in [-0.2, -0.15) is 18.3 Å². The fourth-order valence-electron chi connectivity index (χ4n) is 3.00. The largest absolute Gasteiger partial charge is 0.462 e. The van der Waals surface area contributed by atoms with E-state index >= 15 is 0 Å². The van der Waals surface area contributed by atoms with Crippen molar-refractivity contribution in [3.05, 3.63) is 56.5 Å². The lowest BCUT2D eigenvalue weighted by Gasteiger charge is -2.10. The van der Waals surface area contributed by atoms with Crippen molar-refractivity contribution in [3.8, 4) is 10.6 Å². The Morgan fingerprint density at radius 1 is 1.21 bits per heavy atom. The molecule has 0 aliphatic carbocycles. The highest BCUT2D eigenvalue weighted by Crippen LogP contribution is 2.35. The molecule has 0 bridgehead atoms. The summed E-state index contributed by atoms with van der Waals surface area (Å²) >= 11 is 8.12. The number of carbonyl (C=O) groups excluding carboxylic acids is 2. The van der Waals surface area contributed by atoms with Gasteiger partial charge in [0.15, 0.2) is 17.0 Å². The van der Waals surface area contributed by atoms with Crippen LogP contribution in [-0.2, 0) is 10.9 Å². The molecule has 0 aliphatic heterocycles. The van der Waals surface area contributed by atoms with Gasteiger partial charge in [-0.25, -0.2) is 14.3 Å². The fourth-order valence-corrected chi connectivity index (χ4v) is 4.90. The molecule has 33 heavy (non-hydrogen) atoms. The minimum atomic E-state index is -4.75. The molecule has 4 aromatic rings. The quantitative estimate of drug-likeness (QED) is 0.334. The van der Waals surface area contributed by atoms with Crippen molar-refractivity contribution in [2.75, 3.05) is 11.9 Å². The van der Waals surface area contributed by atoms with Crippen LogP contribution in [0.4, 0.5) is 18.2 Å². The molecule has 4 heterocycles. The lowest BCUT2D eigenvalue weighted by Crippen LogP contribution is -2.16. The van der Waals surface area contributed by atoms with Gasteiger partial charge in [0.2, 0.25) is 0 Å². The first-order chi connectivity index (χ1) is 15.6. The lowest BCUT2D eigenvalue weighted by atomic mass is 10.2. The van der Waals surface area contributed by atoms with Crippen LogP contribution in [0.3, 0.4) is 0 Å². The van der Waals surface area contributed by atoms with E-state index in [0.29, 0.717) is 13.7 Å². The molecule has 0 aliphatic rings. The molecule has 7 nitrogen and oxygen atoms in total. The molecule has 0 radical (unpaired) electrons. The van der Waals surface area contributed by atoms with Gasteiger partial charge in [-0.1, -0.05) is 11.6 Å². The average Bonchev–Trinajstić information content (AvgIpc) is 3.44. The van der Waals surface area contributed by atoms with Crippen molar-refractivity contribution >= 4 is 56.8 Å². The average molecular weight is 515 g/mol. The van der Waals surface area contributed by atoms with Crippen LogP contribution in [-0.4, -0.2) is 33.1 Å². The Bertz CT molecular complexity index is 1380. The van der Waals surface area contributed by atoms with Crippen molar-refractivity contribution in [1.82, 2.24) is 14.6 Å². The van der Waals surface area contributed by atoms with Gasteiger partial charge in [0, 0.05) is 10.9 Å². The van der Waals surface area contributed by atoms with Crippen molar-refractivity contribution in [3.63, 3.8) is 0 Å². The Morgan fingerprint density at radius 2 is 1.97 bits per heavy atom. The summed E-state index contributed by atoms with van der Waals surface area (Å²) in [6.07, 6.45) is -4.75. The maximum Gasteiger partial charge on any atom is 0.433 e. The van der Waals surface area contributed by atoms with Crippen LogP contribution < -0.4 is 5.32 Å². The number of aromatic nitrogens is 3. The number of hydrogen-bond acceptors (Lipinski definition) is 7. The first kappa shape index (κ1) is 23.2. The Kier molecular flexibility index (Phi) is 6.16. The zero-order valence-electron chi connectivity index (χ0n) is 17.0. The van der Waals surface area contributed by atoms with E-state index in [9.17, 15) is 22.8 Å². The van der Waals surface area contributed by atoms with Crippen LogP contribution in [0, 0.1) is 6.92 Å². The minimum absolute atomic E-state index is 0.0528. The maximum atomic E-state index is 13.7. The number of amides is 1. The Labute approximate surface area is 197 Å². The maximum absolute atomic E-state index is 13.7. The number of ether oxygens (including phenoxy) is 1. The van der Waals surface area contributed by atoms with Crippen LogP contribution in [0.5, 0.6) is 0 Å². The molecule has 1 amide bonds. The molecule has 0 fully saturated rings. The second kappa shape index (κ2) is 8.76. The molecule has 13 heteroatoms. The van der Waals surface area contributed by atoms with Gasteiger partial charge < -0.3 is 10.1 Å². The van der Waals surface area contributed by atoms with Crippen LogP contribution >= 0.6 is 34.3 Å². The second-order valence-electron chi connectivity index (χ2n) is 6.70. The Morgan fingerprint density at radius 3 is 2.61 bits per heavy atom. The molecule has 172 valence electrons. The van der Waals surface area contributed by atoms with Crippen LogP contribution in [0.2, 0.25) is 4.34 Å². The monoisotopic (exact) mass is 514 g/mol. The molecule has 0 saturated carbocycles. The van der Waals surface area contributed by atoms with E-state index in [2.05, 4.69) is 15.4 Å². The Balaban J connectivity index is 1.74. The molecule has 0 aromatic carbocycles. The van der Waals surface area contributed by atoms with E-state index in [4.69, 9.17) is 16.3 Å². The van der Waals surface area contributed by atoms with E-state index in [-0.39, 0.29) is 34.2 Å². The third-order valence-corrected chi connectivity index (χ3v) is 6.57. The molecule has 0 atom stereocenters. The van der Waals surface area contributed by atoms with Crippen molar-refractivity contribution < 1.29 is 27.5 Å². The van der Waals surface area contributed by atoms with Crippen LogP contribution in [0.15, 0.2) is 30.3 Å². The van der Waals surface area contributed by atoms with Crippen molar-refractivity contribution in [2.24, 2.45) is 0 Å². The highest BCUT2D eigenvalue weighted by Gasteiger charge is 2.36. The summed E-state index contributed by atoms with van der Waals surface area (Å²) in [5, 5.41) is 6.57. The smallest absolute Gasteiger partial charge is 0.433 e. The number of halogens is 4. The van der Waals surface area contributed by atoms with Gasteiger partial charge in [-0.05, 0) is 38.1 Å². The highest BCUT2D eigenvalue weighted by atomic mass is 35.5. The molecule has 4 rings (SSSR count). The second-order valence-corrected chi connectivity index (χ2v) is 9.67. The summed E-state index contributed by atoms with van der Waals surface area (Å²) in [6.45, 7) is 3.54. The van der Waals surface area contributed by atoms with Crippen molar-refractivity contribution in [1.29, 1.82) is 0 Å². The predicted molar refractivity (Wildman–Crippen MR) is 119 cm³/mol. The first-order valence-electron chi connectivity index (χ1n) is 9.39. The first-order valence-corrected chi connectivity index (χ1v) is 11.4. The lowest BCUT2D eigenvalue weighted by molar-refractivity contribution is -0.142. The molecule has 0 saturated heterocycles. The SMILES string of the molecule is CCOC(=O)c1cc(C)sc1NC(=O)c1cc2nc(-c3ccc(Cl)s3)cc(C(F)(F)F)n2n1. The van der Waals surface area contributed by atoms with Gasteiger partial charge in [0.05, 0.1) is 27.1 Å². The van der Waals surface area contributed by atoms with E-state index < -0.39 is 23.7 Å². The van der Waals surface area contributed by atoms with Gasteiger partial charge in [0.25, 0.3) is 5.91 Å². The molecular formula is C20H14ClF3N4O3S2. The number of nitrogens with one attached hydrogen (secondary N) is 1. The number of alkyl halides is 3. The molecule has 0 unspecified atom stereocenters. The third kappa shape index (κ3) is 4.72. The summed E-state index contributed by atoms with van der Waals surface area (Å²) in [7, 11) is 0. The normalized spacial score (nSPS) is 11.7. The zero-order chi connectivity index (χ0) is 23.9. The van der Waals surface area contributed by atoms with Crippen LogP contribution in [0.25, 0.3) is 16.2 Å². The van der Waals surface area contributed by atoms with E-state index in [1.807, 2.05) is 0 Å². The standard InChI is InChI=1S/C20H14ClF3N4O3S2/c1-3-31-19(30)10-6-9(2)32-18(10)26-17(29)12-8-16-25-11(13-4-5-15(21)33-13)7-14(20(22,23)24)28(16)27-12/h4-8H,3H2,1-2H3,(H,26,29). The van der Waals surface area contributed by atoms with Gasteiger partial charge >= 0.3 is 12.1 Å². The summed E-state index contributed by atoms with van der Waals surface area (Å²) in [6, 6.07) is 6.68. The number of fused-ring (bicyclic) bond motifs is 1. The number of esters is 1. The molecule has 1 N–H and O–H groups in total. The van der Waals surface area contributed by atoms with E-state index in [1.165, 1.54) is 0 Å². The van der Waals surface area contributed by atoms with E-state index in [0.717, 1.165) is 39.7 Å². The molecule has 4 aromatic heterocycles. The van der Waals surface area contributed by atoms with Crippen molar-refractivity contribution in [2.45, 2.75) is 20.0 Å². The Hall–Kier alpha value is -2.96. The number of thiophene rings is 2. The van der Waals surface area contributed by atoms with Gasteiger partial charge in [-0.3, -0.25) is 4.79 Å². The number of aryl methyl sites for hydroxylation is 1. The number of anilines is 1. The predicted octanol–water partition coefficient (Wildman–Crippen LogP) is 5.93. The van der Waals surface area contributed by atoms with E-state index in [1.54, 1.807) is 32.0 Å². The molecule has 0 spiro atoms. The van der Waals surface area contributed by atoms with Crippen LogP contribution in [0.1, 0.15) is 38.3 Å². The summed E-state index contributed by atoms with van der Waals surface area (Å²) in [5.74, 6) is -1.41. The third-order valence-electron chi connectivity index (χ3n) is 4.35. The number of nitrogens with zero attached hydrogens (tertiary/aromatic N) is 3. The summed E-state index contributed by atoms with van der Waals surface area (Å²) < 4.78 is 47.1. The van der Waals surface area contributed by atoms with Gasteiger partial charge in [-0.15, -0.1) is 22.7 Å². The minimum Gasteiger partial charge on any atom is -0.462 e. The van der Waals surface area contributed by atoms with Gasteiger partial charge in [0.1, 0.15) is 5.00 Å². The topological polar surface area (TPSA) is 85.6 Å². The summed E-state index contributed by atoms with van der Waals surface area (Å²) in [4.78, 5) is 30.3.